The lowest BCUT2D eigenvalue weighted by atomic mass is 10.2. The summed E-state index contributed by atoms with van der Waals surface area (Å²) in [5, 5.41) is 10.3. The van der Waals surface area contributed by atoms with Crippen LogP contribution >= 0.6 is 0 Å². The maximum absolute atomic E-state index is 10.3. The van der Waals surface area contributed by atoms with Crippen molar-refractivity contribution in [3.8, 4) is 0 Å². The molecule has 74 valence electrons. The summed E-state index contributed by atoms with van der Waals surface area (Å²) in [6.07, 6.45) is 1.29. The lowest BCUT2D eigenvalue weighted by molar-refractivity contribution is -0.389. The number of hydrogen-bond donors (Lipinski definition) is 0. The molecule has 2 heterocycles. The van der Waals surface area contributed by atoms with E-state index in [0.29, 0.717) is 6.61 Å². The molecular weight excluding hydrogens is 188 g/mol. The smallest absolute Gasteiger partial charge is 0.358 e. The number of aromatic nitrogens is 1. The summed E-state index contributed by atoms with van der Waals surface area (Å²) in [7, 11) is 0. The van der Waals surface area contributed by atoms with Crippen molar-refractivity contribution in [2.45, 2.75) is 6.10 Å². The maximum atomic E-state index is 10.3. The fraction of sp³-hybridized carbons (Fsp3) is 0.375. The highest BCUT2D eigenvalue weighted by Crippen LogP contribution is 2.22. The number of rotatable bonds is 2. The van der Waals surface area contributed by atoms with E-state index >= 15 is 0 Å². The molecule has 1 aromatic rings. The van der Waals surface area contributed by atoms with Gasteiger partial charge in [-0.1, -0.05) is 0 Å². The standard InChI is InChI=1S/C8H8N2O4/c11-10(12)8-2-1-6(3-9-8)7-4-13-5-14-7/h1-3,7H,4-5H2. The first-order valence-electron chi connectivity index (χ1n) is 4.07. The van der Waals surface area contributed by atoms with Crippen molar-refractivity contribution in [3.63, 3.8) is 0 Å². The average molecular weight is 196 g/mol. The Hall–Kier alpha value is -1.53. The van der Waals surface area contributed by atoms with Crippen LogP contribution < -0.4 is 0 Å². The van der Waals surface area contributed by atoms with Crippen molar-refractivity contribution in [1.82, 2.24) is 4.98 Å². The Balaban J connectivity index is 2.16. The molecule has 0 amide bonds. The number of nitrogens with zero attached hydrogens (tertiary/aromatic N) is 2. The molecule has 2 rings (SSSR count). The molecule has 1 aromatic heterocycles. The van der Waals surface area contributed by atoms with Gasteiger partial charge in [-0.25, -0.2) is 0 Å². The zero-order chi connectivity index (χ0) is 9.97. The van der Waals surface area contributed by atoms with Crippen molar-refractivity contribution in [3.05, 3.63) is 34.0 Å². The molecular formula is C8H8N2O4. The van der Waals surface area contributed by atoms with Gasteiger partial charge in [0.05, 0.1) is 6.61 Å². The SMILES string of the molecule is O=[N+]([O-])c1ccc(C2COCO2)cn1. The van der Waals surface area contributed by atoms with E-state index in [1.165, 1.54) is 12.3 Å². The van der Waals surface area contributed by atoms with E-state index in [1.54, 1.807) is 6.07 Å². The second-order valence-corrected chi connectivity index (χ2v) is 2.85. The van der Waals surface area contributed by atoms with Crippen molar-refractivity contribution in [2.75, 3.05) is 13.4 Å². The van der Waals surface area contributed by atoms with Crippen molar-refractivity contribution < 1.29 is 14.4 Å². The van der Waals surface area contributed by atoms with E-state index in [1.807, 2.05) is 0 Å². The topological polar surface area (TPSA) is 74.5 Å². The summed E-state index contributed by atoms with van der Waals surface area (Å²) >= 11 is 0. The fourth-order valence-electron chi connectivity index (χ4n) is 1.22. The molecule has 1 fully saturated rings. The van der Waals surface area contributed by atoms with Gasteiger partial charge in [-0.15, -0.1) is 0 Å². The summed E-state index contributed by atoms with van der Waals surface area (Å²) in [6.45, 7) is 0.737. The van der Waals surface area contributed by atoms with Crippen LogP contribution in [0.15, 0.2) is 18.3 Å². The highest BCUT2D eigenvalue weighted by atomic mass is 16.7. The van der Waals surface area contributed by atoms with E-state index < -0.39 is 4.92 Å². The Morgan fingerprint density at radius 2 is 2.43 bits per heavy atom. The minimum atomic E-state index is -0.532. The van der Waals surface area contributed by atoms with Gasteiger partial charge in [0.25, 0.3) is 0 Å². The van der Waals surface area contributed by atoms with Crippen LogP contribution in [0.3, 0.4) is 0 Å². The van der Waals surface area contributed by atoms with Crippen LogP contribution in [0, 0.1) is 10.1 Å². The third-order valence-electron chi connectivity index (χ3n) is 1.95. The lowest BCUT2D eigenvalue weighted by Gasteiger charge is -2.04. The van der Waals surface area contributed by atoms with Crippen LogP contribution in [0.5, 0.6) is 0 Å². The third-order valence-corrected chi connectivity index (χ3v) is 1.95. The Morgan fingerprint density at radius 3 is 2.93 bits per heavy atom. The van der Waals surface area contributed by atoms with Gasteiger partial charge in [0.15, 0.2) is 0 Å². The van der Waals surface area contributed by atoms with Crippen molar-refractivity contribution in [1.29, 1.82) is 0 Å². The average Bonchev–Trinajstić information content (AvgIpc) is 2.71. The Morgan fingerprint density at radius 1 is 1.57 bits per heavy atom. The highest BCUT2D eigenvalue weighted by molar-refractivity contribution is 5.24. The largest absolute Gasteiger partial charge is 0.363 e. The predicted octanol–water partition coefficient (Wildman–Crippen LogP) is 1.04. The first kappa shape index (κ1) is 9.04. The molecule has 0 spiro atoms. The van der Waals surface area contributed by atoms with Gasteiger partial charge in [-0.05, 0) is 16.0 Å². The molecule has 0 saturated carbocycles. The molecule has 0 bridgehead atoms. The van der Waals surface area contributed by atoms with Gasteiger partial charge in [-0.3, -0.25) is 0 Å². The molecule has 0 N–H and O–H groups in total. The molecule has 1 unspecified atom stereocenters. The summed E-state index contributed by atoms with van der Waals surface area (Å²) in [6, 6.07) is 2.99. The van der Waals surface area contributed by atoms with E-state index in [9.17, 15) is 10.1 Å². The van der Waals surface area contributed by atoms with Crippen LogP contribution in [0.1, 0.15) is 11.7 Å². The van der Waals surface area contributed by atoms with Gasteiger partial charge in [0.2, 0.25) is 0 Å². The molecule has 6 heteroatoms. The normalized spacial score (nSPS) is 21.0. The van der Waals surface area contributed by atoms with Crippen LogP contribution in [0.2, 0.25) is 0 Å². The number of ether oxygens (including phenoxy) is 2. The summed E-state index contributed by atoms with van der Waals surface area (Å²) < 4.78 is 10.2. The predicted molar refractivity (Wildman–Crippen MR) is 45.5 cm³/mol. The van der Waals surface area contributed by atoms with Crippen LogP contribution in [0.25, 0.3) is 0 Å². The van der Waals surface area contributed by atoms with E-state index in [0.717, 1.165) is 5.56 Å². The van der Waals surface area contributed by atoms with E-state index in [-0.39, 0.29) is 18.7 Å². The fourth-order valence-corrected chi connectivity index (χ4v) is 1.22. The van der Waals surface area contributed by atoms with Gasteiger partial charge in [-0.2, -0.15) is 0 Å². The highest BCUT2D eigenvalue weighted by Gasteiger charge is 2.20. The molecule has 6 nitrogen and oxygen atoms in total. The lowest BCUT2D eigenvalue weighted by Crippen LogP contribution is -2.01. The maximum Gasteiger partial charge on any atom is 0.363 e. The van der Waals surface area contributed by atoms with E-state index in [2.05, 4.69) is 4.98 Å². The zero-order valence-corrected chi connectivity index (χ0v) is 7.25. The number of nitro groups is 1. The molecule has 0 radical (unpaired) electrons. The Labute approximate surface area is 79.6 Å². The Kier molecular flexibility index (Phi) is 2.38. The van der Waals surface area contributed by atoms with Gasteiger partial charge in [0, 0.05) is 11.6 Å². The molecule has 0 aromatic carbocycles. The van der Waals surface area contributed by atoms with Crippen LogP contribution in [0.4, 0.5) is 5.82 Å². The van der Waals surface area contributed by atoms with Crippen LogP contribution in [-0.4, -0.2) is 23.3 Å². The quantitative estimate of drug-likeness (QED) is 0.521. The second kappa shape index (κ2) is 3.69. The zero-order valence-electron chi connectivity index (χ0n) is 7.25. The first-order chi connectivity index (χ1) is 6.77. The molecule has 1 saturated heterocycles. The molecule has 0 aliphatic carbocycles. The van der Waals surface area contributed by atoms with Gasteiger partial charge in [0.1, 0.15) is 19.1 Å². The third kappa shape index (κ3) is 1.70. The molecule has 1 aliphatic heterocycles. The monoisotopic (exact) mass is 196 g/mol. The van der Waals surface area contributed by atoms with Gasteiger partial charge < -0.3 is 19.6 Å². The molecule has 1 aliphatic rings. The number of hydrogen-bond acceptors (Lipinski definition) is 5. The van der Waals surface area contributed by atoms with E-state index in [4.69, 9.17) is 9.47 Å². The Bertz CT molecular complexity index is 332. The molecule has 1 atom stereocenters. The van der Waals surface area contributed by atoms with Crippen LogP contribution in [-0.2, 0) is 9.47 Å². The number of pyridine rings is 1. The van der Waals surface area contributed by atoms with Crippen molar-refractivity contribution >= 4 is 5.82 Å². The summed E-state index contributed by atoms with van der Waals surface area (Å²) in [5.41, 5.74) is 0.799. The summed E-state index contributed by atoms with van der Waals surface area (Å²) in [5.74, 6) is -0.160. The minimum Gasteiger partial charge on any atom is -0.358 e. The molecule has 14 heavy (non-hydrogen) atoms. The second-order valence-electron chi connectivity index (χ2n) is 2.85. The summed E-state index contributed by atoms with van der Waals surface area (Å²) in [4.78, 5) is 13.5. The minimum absolute atomic E-state index is 0.150. The van der Waals surface area contributed by atoms with Gasteiger partial charge >= 0.3 is 5.82 Å². The first-order valence-corrected chi connectivity index (χ1v) is 4.07. The van der Waals surface area contributed by atoms with Crippen molar-refractivity contribution in [2.24, 2.45) is 0 Å².